The Bertz CT molecular complexity index is 316. The number of aryl methyl sites for hydroxylation is 1. The molecule has 1 aromatic rings. The molecule has 1 aromatic heterocycles. The summed E-state index contributed by atoms with van der Waals surface area (Å²) in [6.07, 6.45) is 3.93. The molecule has 0 radical (unpaired) electrons. The first-order chi connectivity index (χ1) is 7.19. The quantitative estimate of drug-likeness (QED) is 0.709. The van der Waals surface area contributed by atoms with Gasteiger partial charge in [-0.2, -0.15) is 0 Å². The number of allylic oxidation sites excluding steroid dienone is 1. The summed E-state index contributed by atoms with van der Waals surface area (Å²) < 4.78 is 2.11. The van der Waals surface area contributed by atoms with Gasteiger partial charge in [0, 0.05) is 32.9 Å². The summed E-state index contributed by atoms with van der Waals surface area (Å²) in [7, 11) is 4.01. The molecule has 1 heterocycles. The van der Waals surface area contributed by atoms with Gasteiger partial charge in [0.2, 0.25) is 5.95 Å². The van der Waals surface area contributed by atoms with Gasteiger partial charge in [-0.05, 0) is 14.0 Å². The molecule has 0 aliphatic heterocycles. The van der Waals surface area contributed by atoms with Crippen LogP contribution in [0.4, 0.5) is 5.95 Å². The number of rotatable bonds is 6. The average Bonchev–Trinajstić information content (AvgIpc) is 2.57. The summed E-state index contributed by atoms with van der Waals surface area (Å²) in [4.78, 5) is 6.64. The fourth-order valence-electron chi connectivity index (χ4n) is 1.49. The van der Waals surface area contributed by atoms with Crippen LogP contribution in [-0.2, 0) is 6.54 Å². The maximum atomic E-state index is 4.50. The van der Waals surface area contributed by atoms with Crippen molar-refractivity contribution in [3.63, 3.8) is 0 Å². The molecule has 4 nitrogen and oxygen atoms in total. The molecule has 0 fully saturated rings. The van der Waals surface area contributed by atoms with Gasteiger partial charge in [-0.3, -0.25) is 0 Å². The van der Waals surface area contributed by atoms with Crippen LogP contribution in [0.2, 0.25) is 0 Å². The fourth-order valence-corrected chi connectivity index (χ4v) is 1.49. The average molecular weight is 208 g/mol. The van der Waals surface area contributed by atoms with Crippen LogP contribution >= 0.6 is 0 Å². The van der Waals surface area contributed by atoms with Crippen LogP contribution in [-0.4, -0.2) is 36.7 Å². The predicted molar refractivity (Wildman–Crippen MR) is 64.4 cm³/mol. The van der Waals surface area contributed by atoms with Crippen LogP contribution < -0.4 is 10.2 Å². The molecule has 0 atom stereocenters. The zero-order valence-corrected chi connectivity index (χ0v) is 9.82. The fraction of sp³-hybridized carbons (Fsp3) is 0.545. The number of imidazole rings is 1. The molecule has 0 aliphatic carbocycles. The van der Waals surface area contributed by atoms with Crippen LogP contribution in [0.1, 0.15) is 5.69 Å². The molecule has 0 aliphatic rings. The number of hydrogen-bond acceptors (Lipinski definition) is 3. The monoisotopic (exact) mass is 208 g/mol. The van der Waals surface area contributed by atoms with Crippen molar-refractivity contribution in [1.82, 2.24) is 14.9 Å². The highest BCUT2D eigenvalue weighted by Crippen LogP contribution is 2.12. The van der Waals surface area contributed by atoms with Crippen LogP contribution in [0.25, 0.3) is 0 Å². The summed E-state index contributed by atoms with van der Waals surface area (Å²) in [5, 5.41) is 3.13. The van der Waals surface area contributed by atoms with Gasteiger partial charge in [0.15, 0.2) is 0 Å². The first-order valence-corrected chi connectivity index (χ1v) is 5.19. The zero-order valence-electron chi connectivity index (χ0n) is 9.82. The van der Waals surface area contributed by atoms with Crippen LogP contribution in [0.3, 0.4) is 0 Å². The van der Waals surface area contributed by atoms with E-state index in [0.717, 1.165) is 31.3 Å². The maximum absolute atomic E-state index is 4.50. The van der Waals surface area contributed by atoms with Crippen molar-refractivity contribution < 1.29 is 0 Å². The van der Waals surface area contributed by atoms with Gasteiger partial charge < -0.3 is 14.8 Å². The number of hydrogen-bond donors (Lipinski definition) is 1. The smallest absolute Gasteiger partial charge is 0.205 e. The Balaban J connectivity index is 2.76. The summed E-state index contributed by atoms with van der Waals surface area (Å²) in [6, 6.07) is 0. The lowest BCUT2D eigenvalue weighted by Crippen LogP contribution is -2.29. The Hall–Kier alpha value is -1.29. The second-order valence-corrected chi connectivity index (χ2v) is 3.65. The SMILES string of the molecule is C=CCn1cc(C)nc1N(C)CCNC. The molecular formula is C11H20N4. The van der Waals surface area contributed by atoms with E-state index in [1.807, 2.05) is 26.2 Å². The van der Waals surface area contributed by atoms with Gasteiger partial charge in [-0.1, -0.05) is 6.08 Å². The minimum absolute atomic E-state index is 0.806. The van der Waals surface area contributed by atoms with Crippen LogP contribution in [0.5, 0.6) is 0 Å². The largest absolute Gasteiger partial charge is 0.344 e. The number of nitrogens with one attached hydrogen (secondary N) is 1. The third-order valence-electron chi connectivity index (χ3n) is 2.24. The summed E-state index contributed by atoms with van der Waals surface area (Å²) in [6.45, 7) is 8.47. The standard InChI is InChI=1S/C11H20N4/c1-5-7-15-9-10(2)13-11(15)14(4)8-6-12-3/h5,9,12H,1,6-8H2,2-4H3. The molecule has 0 unspecified atom stereocenters. The van der Waals surface area contributed by atoms with Gasteiger partial charge in [-0.15, -0.1) is 6.58 Å². The molecule has 0 spiro atoms. The second kappa shape index (κ2) is 5.56. The zero-order chi connectivity index (χ0) is 11.3. The molecule has 1 N–H and O–H groups in total. The Labute approximate surface area is 91.6 Å². The van der Waals surface area contributed by atoms with Crippen molar-refractivity contribution in [2.24, 2.45) is 0 Å². The van der Waals surface area contributed by atoms with E-state index >= 15 is 0 Å². The highest BCUT2D eigenvalue weighted by atomic mass is 15.3. The Morgan fingerprint density at radius 3 is 3.00 bits per heavy atom. The molecule has 15 heavy (non-hydrogen) atoms. The number of anilines is 1. The Kier molecular flexibility index (Phi) is 4.37. The highest BCUT2D eigenvalue weighted by molar-refractivity contribution is 5.32. The number of likely N-dealkylation sites (N-methyl/N-ethyl adjacent to an activating group) is 2. The number of aromatic nitrogens is 2. The van der Waals surface area contributed by atoms with Crippen LogP contribution in [0, 0.1) is 6.92 Å². The first kappa shape index (κ1) is 11.8. The summed E-state index contributed by atoms with van der Waals surface area (Å²) in [5.74, 6) is 1.00. The van der Waals surface area contributed by atoms with Gasteiger partial charge in [-0.25, -0.2) is 4.98 Å². The first-order valence-electron chi connectivity index (χ1n) is 5.19. The lowest BCUT2D eigenvalue weighted by Gasteiger charge is -2.18. The molecule has 0 saturated heterocycles. The summed E-state index contributed by atoms with van der Waals surface area (Å²) in [5.41, 5.74) is 1.04. The highest BCUT2D eigenvalue weighted by Gasteiger charge is 2.08. The molecule has 0 aromatic carbocycles. The van der Waals surface area contributed by atoms with E-state index in [9.17, 15) is 0 Å². The molecule has 4 heteroatoms. The van der Waals surface area contributed by atoms with Crippen molar-refractivity contribution in [2.75, 3.05) is 32.1 Å². The molecular weight excluding hydrogens is 188 g/mol. The van der Waals surface area contributed by atoms with Gasteiger partial charge >= 0.3 is 0 Å². The van der Waals surface area contributed by atoms with Gasteiger partial charge in [0.25, 0.3) is 0 Å². The third kappa shape index (κ3) is 3.09. The predicted octanol–water partition coefficient (Wildman–Crippen LogP) is 1.03. The van der Waals surface area contributed by atoms with E-state index in [1.54, 1.807) is 0 Å². The summed E-state index contributed by atoms with van der Waals surface area (Å²) >= 11 is 0. The molecule has 1 rings (SSSR count). The normalized spacial score (nSPS) is 10.3. The molecule has 84 valence electrons. The topological polar surface area (TPSA) is 33.1 Å². The number of nitrogens with zero attached hydrogens (tertiary/aromatic N) is 3. The van der Waals surface area contributed by atoms with E-state index < -0.39 is 0 Å². The Morgan fingerprint density at radius 2 is 2.40 bits per heavy atom. The van der Waals surface area contributed by atoms with Crippen molar-refractivity contribution in [1.29, 1.82) is 0 Å². The third-order valence-corrected chi connectivity index (χ3v) is 2.24. The minimum Gasteiger partial charge on any atom is -0.344 e. The second-order valence-electron chi connectivity index (χ2n) is 3.65. The Morgan fingerprint density at radius 1 is 1.67 bits per heavy atom. The van der Waals surface area contributed by atoms with E-state index in [1.165, 1.54) is 0 Å². The maximum Gasteiger partial charge on any atom is 0.205 e. The van der Waals surface area contributed by atoms with E-state index in [-0.39, 0.29) is 0 Å². The van der Waals surface area contributed by atoms with E-state index in [0.29, 0.717) is 0 Å². The lowest BCUT2D eigenvalue weighted by molar-refractivity contribution is 0.721. The van der Waals surface area contributed by atoms with Gasteiger partial charge in [0.1, 0.15) is 0 Å². The van der Waals surface area contributed by atoms with E-state index in [2.05, 4.69) is 33.4 Å². The van der Waals surface area contributed by atoms with Crippen molar-refractivity contribution >= 4 is 5.95 Å². The van der Waals surface area contributed by atoms with E-state index in [4.69, 9.17) is 0 Å². The van der Waals surface area contributed by atoms with Gasteiger partial charge in [0.05, 0.1) is 5.69 Å². The molecule has 0 bridgehead atoms. The lowest BCUT2D eigenvalue weighted by atomic mass is 10.5. The van der Waals surface area contributed by atoms with Crippen molar-refractivity contribution in [3.05, 3.63) is 24.5 Å². The molecule has 0 saturated carbocycles. The van der Waals surface area contributed by atoms with Crippen molar-refractivity contribution in [3.8, 4) is 0 Å². The minimum atomic E-state index is 0.806. The van der Waals surface area contributed by atoms with Crippen molar-refractivity contribution in [2.45, 2.75) is 13.5 Å². The van der Waals surface area contributed by atoms with Crippen LogP contribution in [0.15, 0.2) is 18.9 Å². The molecule has 0 amide bonds.